The van der Waals surface area contributed by atoms with Crippen LogP contribution in [0.5, 0.6) is 0 Å². The van der Waals surface area contributed by atoms with Crippen molar-refractivity contribution in [1.82, 2.24) is 10.2 Å². The predicted octanol–water partition coefficient (Wildman–Crippen LogP) is -0.616. The molecule has 2 rings (SSSR count). The Labute approximate surface area is 96.1 Å². The van der Waals surface area contributed by atoms with Gasteiger partial charge in [0.2, 0.25) is 5.91 Å². The van der Waals surface area contributed by atoms with Crippen LogP contribution in [0.15, 0.2) is 0 Å². The van der Waals surface area contributed by atoms with Crippen molar-refractivity contribution >= 4 is 15.7 Å². The van der Waals surface area contributed by atoms with E-state index in [0.717, 1.165) is 6.54 Å². The molecule has 0 radical (unpaired) electrons. The molecule has 1 unspecified atom stereocenters. The van der Waals surface area contributed by atoms with Gasteiger partial charge in [-0.25, -0.2) is 8.42 Å². The molecule has 0 saturated carbocycles. The molecule has 2 aliphatic rings. The van der Waals surface area contributed by atoms with Crippen molar-refractivity contribution in [2.45, 2.75) is 31.8 Å². The van der Waals surface area contributed by atoms with E-state index in [4.69, 9.17) is 0 Å². The molecule has 2 fully saturated rings. The van der Waals surface area contributed by atoms with E-state index in [0.29, 0.717) is 19.4 Å². The van der Waals surface area contributed by atoms with Crippen LogP contribution in [0.2, 0.25) is 0 Å². The highest BCUT2D eigenvalue weighted by atomic mass is 32.2. The summed E-state index contributed by atoms with van der Waals surface area (Å²) in [5.74, 6) is 0.558. The second kappa shape index (κ2) is 4.33. The summed E-state index contributed by atoms with van der Waals surface area (Å²) in [4.78, 5) is 13.8. The van der Waals surface area contributed by atoms with E-state index in [2.05, 4.69) is 5.32 Å². The fourth-order valence-electron chi connectivity index (χ4n) is 2.40. The Balaban J connectivity index is 2.01. The molecule has 0 aromatic carbocycles. The number of nitrogens with one attached hydrogen (secondary N) is 1. The van der Waals surface area contributed by atoms with Gasteiger partial charge in [0.25, 0.3) is 0 Å². The molecule has 5 nitrogen and oxygen atoms in total. The minimum atomic E-state index is -2.84. The van der Waals surface area contributed by atoms with Crippen LogP contribution in [0.3, 0.4) is 0 Å². The maximum Gasteiger partial charge on any atom is 0.239 e. The number of amides is 1. The smallest absolute Gasteiger partial charge is 0.239 e. The van der Waals surface area contributed by atoms with Gasteiger partial charge in [0.15, 0.2) is 0 Å². The molecular weight excluding hydrogens is 228 g/mol. The van der Waals surface area contributed by atoms with Crippen LogP contribution >= 0.6 is 0 Å². The number of hydrogen-bond donors (Lipinski definition) is 1. The maximum atomic E-state index is 11.9. The number of rotatable bonds is 1. The summed E-state index contributed by atoms with van der Waals surface area (Å²) in [7, 11) is -2.84. The summed E-state index contributed by atoms with van der Waals surface area (Å²) >= 11 is 0. The first-order valence-corrected chi connectivity index (χ1v) is 7.56. The van der Waals surface area contributed by atoms with Crippen LogP contribution in [0.4, 0.5) is 0 Å². The molecule has 2 saturated heterocycles. The highest BCUT2D eigenvalue weighted by Crippen LogP contribution is 2.19. The van der Waals surface area contributed by atoms with Crippen molar-refractivity contribution in [2.75, 3.05) is 24.6 Å². The van der Waals surface area contributed by atoms with E-state index in [1.807, 2.05) is 11.8 Å². The highest BCUT2D eigenvalue weighted by molar-refractivity contribution is 7.91. The van der Waals surface area contributed by atoms with Crippen LogP contribution in [0.1, 0.15) is 19.8 Å². The average Bonchev–Trinajstić information content (AvgIpc) is 2.23. The molecule has 2 aliphatic heterocycles. The Morgan fingerprint density at radius 1 is 1.31 bits per heavy atom. The first kappa shape index (κ1) is 11.9. The van der Waals surface area contributed by atoms with Crippen molar-refractivity contribution in [3.8, 4) is 0 Å². The lowest BCUT2D eigenvalue weighted by atomic mass is 10.1. The summed E-state index contributed by atoms with van der Waals surface area (Å²) in [6.07, 6.45) is 1.20. The largest absolute Gasteiger partial charge is 0.337 e. The molecule has 1 atom stereocenters. The van der Waals surface area contributed by atoms with Gasteiger partial charge in [-0.3, -0.25) is 4.79 Å². The Kier molecular flexibility index (Phi) is 3.21. The van der Waals surface area contributed by atoms with Crippen LogP contribution in [0.25, 0.3) is 0 Å². The fraction of sp³-hybridized carbons (Fsp3) is 0.900. The summed E-state index contributed by atoms with van der Waals surface area (Å²) < 4.78 is 22.6. The highest BCUT2D eigenvalue weighted by Gasteiger charge is 2.34. The molecule has 0 bridgehead atoms. The first-order valence-electron chi connectivity index (χ1n) is 5.74. The first-order chi connectivity index (χ1) is 7.49. The zero-order valence-electron chi connectivity index (χ0n) is 9.48. The van der Waals surface area contributed by atoms with Crippen molar-refractivity contribution < 1.29 is 13.2 Å². The zero-order valence-corrected chi connectivity index (χ0v) is 10.3. The standard InChI is InChI=1S/C10H18N2O3S/c1-8-10(13)12(5-4-11-8)9-2-6-16(14,15)7-3-9/h8-9,11H,2-7H2,1H3. The Morgan fingerprint density at radius 3 is 2.56 bits per heavy atom. The average molecular weight is 246 g/mol. The Bertz CT molecular complexity index is 366. The number of carbonyl (C=O) groups excluding carboxylic acids is 1. The number of nitrogens with zero attached hydrogens (tertiary/aromatic N) is 1. The van der Waals surface area contributed by atoms with E-state index in [-0.39, 0.29) is 29.5 Å². The van der Waals surface area contributed by atoms with E-state index in [1.165, 1.54) is 0 Å². The minimum Gasteiger partial charge on any atom is -0.337 e. The van der Waals surface area contributed by atoms with Gasteiger partial charge in [0.05, 0.1) is 17.5 Å². The third-order valence-corrected chi connectivity index (χ3v) is 5.14. The third kappa shape index (κ3) is 2.38. The SMILES string of the molecule is CC1NCCN(C2CCS(=O)(=O)CC2)C1=O. The fourth-order valence-corrected chi connectivity index (χ4v) is 3.87. The third-order valence-electron chi connectivity index (χ3n) is 3.42. The zero-order chi connectivity index (χ0) is 11.8. The Morgan fingerprint density at radius 2 is 1.94 bits per heavy atom. The number of hydrogen-bond acceptors (Lipinski definition) is 4. The van der Waals surface area contributed by atoms with Crippen molar-refractivity contribution in [3.05, 3.63) is 0 Å². The summed E-state index contributed by atoms with van der Waals surface area (Å²) in [6, 6.07) is -0.00661. The number of carbonyl (C=O) groups is 1. The lowest BCUT2D eigenvalue weighted by Gasteiger charge is -2.39. The van der Waals surface area contributed by atoms with Gasteiger partial charge in [-0.15, -0.1) is 0 Å². The molecule has 1 amide bonds. The summed E-state index contributed by atoms with van der Waals surface area (Å²) in [5.41, 5.74) is 0. The molecule has 0 spiro atoms. The molecule has 0 aliphatic carbocycles. The van der Waals surface area contributed by atoms with Gasteiger partial charge in [0, 0.05) is 19.1 Å². The maximum absolute atomic E-state index is 11.9. The van der Waals surface area contributed by atoms with E-state index >= 15 is 0 Å². The van der Waals surface area contributed by atoms with Gasteiger partial charge in [0.1, 0.15) is 9.84 Å². The van der Waals surface area contributed by atoms with Crippen LogP contribution in [0, 0.1) is 0 Å². The molecule has 92 valence electrons. The van der Waals surface area contributed by atoms with Crippen molar-refractivity contribution in [1.29, 1.82) is 0 Å². The molecule has 0 aromatic heterocycles. The quantitative estimate of drug-likeness (QED) is 0.670. The van der Waals surface area contributed by atoms with Gasteiger partial charge >= 0.3 is 0 Å². The normalized spacial score (nSPS) is 31.7. The molecule has 16 heavy (non-hydrogen) atoms. The van der Waals surface area contributed by atoms with Crippen molar-refractivity contribution in [3.63, 3.8) is 0 Å². The molecule has 0 aromatic rings. The molecule has 1 N–H and O–H groups in total. The van der Waals surface area contributed by atoms with Crippen molar-refractivity contribution in [2.24, 2.45) is 0 Å². The monoisotopic (exact) mass is 246 g/mol. The second-order valence-electron chi connectivity index (χ2n) is 4.59. The van der Waals surface area contributed by atoms with Crippen LogP contribution in [-0.4, -0.2) is 55.9 Å². The summed E-state index contributed by atoms with van der Waals surface area (Å²) in [5, 5.41) is 3.11. The van der Waals surface area contributed by atoms with E-state index in [9.17, 15) is 13.2 Å². The van der Waals surface area contributed by atoms with Gasteiger partial charge < -0.3 is 10.2 Å². The number of sulfone groups is 1. The number of piperazine rings is 1. The van der Waals surface area contributed by atoms with E-state index < -0.39 is 9.84 Å². The van der Waals surface area contributed by atoms with Gasteiger partial charge in [-0.05, 0) is 19.8 Å². The second-order valence-corrected chi connectivity index (χ2v) is 6.89. The lowest BCUT2D eigenvalue weighted by molar-refractivity contribution is -0.137. The molecular formula is C10H18N2O3S. The van der Waals surface area contributed by atoms with Gasteiger partial charge in [-0.2, -0.15) is 0 Å². The van der Waals surface area contributed by atoms with Crippen LogP contribution < -0.4 is 5.32 Å². The summed E-state index contributed by atoms with van der Waals surface area (Å²) in [6.45, 7) is 3.36. The predicted molar refractivity (Wildman–Crippen MR) is 60.9 cm³/mol. The Hall–Kier alpha value is -0.620. The molecule has 2 heterocycles. The van der Waals surface area contributed by atoms with Crippen LogP contribution in [-0.2, 0) is 14.6 Å². The lowest BCUT2D eigenvalue weighted by Crippen LogP contribution is -2.58. The molecule has 6 heteroatoms. The van der Waals surface area contributed by atoms with E-state index in [1.54, 1.807) is 0 Å². The topological polar surface area (TPSA) is 66.5 Å². The van der Waals surface area contributed by atoms with Gasteiger partial charge in [-0.1, -0.05) is 0 Å². The minimum absolute atomic E-state index is 0.107.